The van der Waals surface area contributed by atoms with Gasteiger partial charge in [-0.2, -0.15) is 0 Å². The number of hydrogen-bond donors (Lipinski definition) is 0. The highest BCUT2D eigenvalue weighted by Gasteiger charge is 2.11. The molecule has 0 amide bonds. The van der Waals surface area contributed by atoms with Crippen LogP contribution in [0.1, 0.15) is 47.0 Å². The molecular weight excluding hydrogens is 143 g/mol. The second kappa shape index (κ2) is 4.74. The third-order valence-corrected chi connectivity index (χ3v) is 1.86. The lowest BCUT2D eigenvalue weighted by Gasteiger charge is -2.20. The van der Waals surface area contributed by atoms with Crippen LogP contribution >= 0.6 is 0 Å². The van der Waals surface area contributed by atoms with Crippen molar-refractivity contribution in [2.45, 2.75) is 52.3 Å². The molecule has 0 atom stereocenters. The Kier molecular flexibility index (Phi) is 4.66. The van der Waals surface area contributed by atoms with Crippen molar-refractivity contribution in [3.05, 3.63) is 12.2 Å². The monoisotopic (exact) mass is 166 g/mol. The van der Waals surface area contributed by atoms with Gasteiger partial charge in [-0.15, -0.1) is 0 Å². The second-order valence-electron chi connectivity index (χ2n) is 5.42. The van der Waals surface area contributed by atoms with E-state index in [0.717, 1.165) is 5.92 Å². The van der Waals surface area contributed by atoms with Crippen LogP contribution in [0.25, 0.3) is 0 Å². The Labute approximate surface area is 78.9 Å². The molecule has 70 valence electrons. The number of allylic oxidation sites excluding steroid dienone is 1. The quantitative estimate of drug-likeness (QED) is 0.434. The van der Waals surface area contributed by atoms with E-state index in [2.05, 4.69) is 42.1 Å². The molecule has 0 saturated carbocycles. The molecule has 0 saturated heterocycles. The minimum Gasteiger partial charge on any atom is -0.0999 e. The number of rotatable bonds is 5. The minimum atomic E-state index is 0.411. The van der Waals surface area contributed by atoms with Crippen LogP contribution in [-0.2, 0) is 0 Å². The lowest BCUT2D eigenvalue weighted by molar-refractivity contribution is 0.561. The van der Waals surface area contributed by atoms with Crippen LogP contribution in [0.4, 0.5) is 0 Å². The molecule has 0 fully saturated rings. The van der Waals surface area contributed by atoms with E-state index in [1.54, 1.807) is 0 Å². The van der Waals surface area contributed by atoms with E-state index in [9.17, 15) is 0 Å². The van der Waals surface area contributed by atoms with Gasteiger partial charge in [0.2, 0.25) is 0 Å². The summed E-state index contributed by atoms with van der Waals surface area (Å²) in [5.41, 5.74) is 1.41. The van der Waals surface area contributed by atoms with Gasteiger partial charge in [0.15, 0.2) is 0 Å². The van der Waals surface area contributed by atoms with Crippen LogP contribution in [-0.4, -0.2) is 7.85 Å². The fourth-order valence-electron chi connectivity index (χ4n) is 1.33. The fourth-order valence-corrected chi connectivity index (χ4v) is 1.33. The summed E-state index contributed by atoms with van der Waals surface area (Å²) in [6.45, 7) is 13.2. The smallest absolute Gasteiger partial charge is 0.0999 e. The Balaban J connectivity index is 3.61. The Hall–Kier alpha value is -0.195. The van der Waals surface area contributed by atoms with E-state index in [-0.39, 0.29) is 0 Å². The predicted octanol–water partition coefficient (Wildman–Crippen LogP) is 3.20. The van der Waals surface area contributed by atoms with E-state index in [1.165, 1.54) is 24.8 Å². The molecule has 0 rings (SSSR count). The van der Waals surface area contributed by atoms with Crippen LogP contribution in [0.3, 0.4) is 0 Å². The van der Waals surface area contributed by atoms with Gasteiger partial charge in [-0.1, -0.05) is 45.2 Å². The van der Waals surface area contributed by atoms with Gasteiger partial charge in [-0.3, -0.25) is 0 Å². The highest BCUT2D eigenvalue weighted by Crippen LogP contribution is 2.29. The SMILES string of the molecule is BC(C)(C)CC(=C)CCC(C)C. The van der Waals surface area contributed by atoms with Crippen LogP contribution < -0.4 is 0 Å². The highest BCUT2D eigenvalue weighted by atomic mass is 14.1. The summed E-state index contributed by atoms with van der Waals surface area (Å²) >= 11 is 0. The average molecular weight is 166 g/mol. The summed E-state index contributed by atoms with van der Waals surface area (Å²) in [6, 6.07) is 0. The minimum absolute atomic E-state index is 0.411. The first kappa shape index (κ1) is 11.8. The summed E-state index contributed by atoms with van der Waals surface area (Å²) in [5.74, 6) is 0.807. The first-order valence-electron chi connectivity index (χ1n) is 4.98. The van der Waals surface area contributed by atoms with Gasteiger partial charge < -0.3 is 0 Å². The summed E-state index contributed by atoms with van der Waals surface area (Å²) in [7, 11) is 2.27. The third kappa shape index (κ3) is 7.91. The van der Waals surface area contributed by atoms with Crippen LogP contribution in [0.15, 0.2) is 12.2 Å². The molecule has 0 aliphatic heterocycles. The topological polar surface area (TPSA) is 0 Å². The molecule has 1 heteroatoms. The van der Waals surface area contributed by atoms with Gasteiger partial charge in [0.05, 0.1) is 0 Å². The molecule has 0 aliphatic carbocycles. The van der Waals surface area contributed by atoms with Gasteiger partial charge in [0.25, 0.3) is 0 Å². The van der Waals surface area contributed by atoms with Crippen molar-refractivity contribution in [1.82, 2.24) is 0 Å². The molecule has 0 unspecified atom stereocenters. The Bertz CT molecular complexity index is 140. The standard InChI is InChI=1S/C11H23B/c1-9(2)6-7-10(3)8-11(4,5)12/h9H,3,6-8,12H2,1-2,4-5H3. The van der Waals surface area contributed by atoms with Crippen molar-refractivity contribution in [2.24, 2.45) is 5.92 Å². The largest absolute Gasteiger partial charge is 0.109 e. The third-order valence-electron chi connectivity index (χ3n) is 1.86. The predicted molar refractivity (Wildman–Crippen MR) is 60.4 cm³/mol. The second-order valence-corrected chi connectivity index (χ2v) is 5.42. The normalized spacial score (nSPS) is 12.1. The van der Waals surface area contributed by atoms with Gasteiger partial charge in [0, 0.05) is 0 Å². The lowest BCUT2D eigenvalue weighted by Crippen LogP contribution is -2.03. The van der Waals surface area contributed by atoms with E-state index in [4.69, 9.17) is 0 Å². The molecule has 0 aromatic heterocycles. The van der Waals surface area contributed by atoms with Crippen LogP contribution in [0.5, 0.6) is 0 Å². The molecule has 0 radical (unpaired) electrons. The Morgan fingerprint density at radius 2 is 1.92 bits per heavy atom. The zero-order valence-electron chi connectivity index (χ0n) is 9.41. The molecule has 0 spiro atoms. The van der Waals surface area contributed by atoms with Gasteiger partial charge in [-0.25, -0.2) is 0 Å². The Morgan fingerprint density at radius 1 is 1.42 bits per heavy atom. The summed E-state index contributed by atoms with van der Waals surface area (Å²) in [4.78, 5) is 0. The highest BCUT2D eigenvalue weighted by molar-refractivity contribution is 6.14. The van der Waals surface area contributed by atoms with Crippen molar-refractivity contribution in [3.63, 3.8) is 0 Å². The van der Waals surface area contributed by atoms with E-state index >= 15 is 0 Å². The average Bonchev–Trinajstić information content (AvgIpc) is 1.79. The first-order chi connectivity index (χ1) is 5.31. The molecule has 0 aliphatic rings. The van der Waals surface area contributed by atoms with E-state index < -0.39 is 0 Å². The van der Waals surface area contributed by atoms with Gasteiger partial charge in [-0.05, 0) is 25.2 Å². The summed E-state index contributed by atoms with van der Waals surface area (Å²) < 4.78 is 0. The van der Waals surface area contributed by atoms with E-state index in [1.807, 2.05) is 0 Å². The maximum atomic E-state index is 4.11. The first-order valence-corrected chi connectivity index (χ1v) is 4.98. The van der Waals surface area contributed by atoms with Gasteiger partial charge in [0.1, 0.15) is 7.85 Å². The van der Waals surface area contributed by atoms with Crippen molar-refractivity contribution < 1.29 is 0 Å². The van der Waals surface area contributed by atoms with E-state index in [0.29, 0.717) is 5.31 Å². The van der Waals surface area contributed by atoms with Crippen molar-refractivity contribution in [2.75, 3.05) is 0 Å². The zero-order chi connectivity index (χ0) is 9.78. The fraction of sp³-hybridized carbons (Fsp3) is 0.818. The maximum absolute atomic E-state index is 4.11. The van der Waals surface area contributed by atoms with Crippen molar-refractivity contribution >= 4 is 7.85 Å². The molecule has 0 aromatic carbocycles. The molecule has 0 N–H and O–H groups in total. The molecule has 0 nitrogen and oxygen atoms in total. The van der Waals surface area contributed by atoms with Crippen LogP contribution in [0.2, 0.25) is 5.31 Å². The molecule has 0 bridgehead atoms. The zero-order valence-corrected chi connectivity index (χ0v) is 9.41. The molecule has 0 aromatic rings. The Morgan fingerprint density at radius 3 is 2.25 bits per heavy atom. The molecule has 12 heavy (non-hydrogen) atoms. The summed E-state index contributed by atoms with van der Waals surface area (Å²) in [5, 5.41) is 0.411. The maximum Gasteiger partial charge on any atom is 0.109 e. The molecule has 0 heterocycles. The summed E-state index contributed by atoms with van der Waals surface area (Å²) in [6.07, 6.45) is 3.66. The van der Waals surface area contributed by atoms with Crippen LogP contribution in [0, 0.1) is 5.92 Å². The number of hydrogen-bond acceptors (Lipinski definition) is 0. The van der Waals surface area contributed by atoms with Gasteiger partial charge >= 0.3 is 0 Å². The molecular formula is C11H23B. The van der Waals surface area contributed by atoms with Crippen molar-refractivity contribution in [3.8, 4) is 0 Å². The van der Waals surface area contributed by atoms with Crippen molar-refractivity contribution in [1.29, 1.82) is 0 Å². The lowest BCUT2D eigenvalue weighted by atomic mass is 9.68.